The van der Waals surface area contributed by atoms with Crippen LogP contribution in [0.4, 0.5) is 5.69 Å². The number of phenolic OH excluding ortho intramolecular Hbond substituents is 1. The number of aromatic hydroxyl groups is 1. The van der Waals surface area contributed by atoms with E-state index in [0.717, 1.165) is 18.7 Å². The topological polar surface area (TPSA) is 49.8 Å². The maximum absolute atomic E-state index is 12.3. The van der Waals surface area contributed by atoms with E-state index in [1.807, 2.05) is 12.1 Å². The molecule has 0 bridgehead atoms. The molecular weight excluding hydrogens is 290 g/mol. The fourth-order valence-corrected chi connectivity index (χ4v) is 3.08. The highest BCUT2D eigenvalue weighted by molar-refractivity contribution is 6.14. The van der Waals surface area contributed by atoms with Gasteiger partial charge in [-0.05, 0) is 48.7 Å². The molecule has 4 rings (SSSR count). The second-order valence-electron chi connectivity index (χ2n) is 5.91. The summed E-state index contributed by atoms with van der Waals surface area (Å²) >= 11 is 0. The van der Waals surface area contributed by atoms with Crippen LogP contribution >= 0.6 is 0 Å². The van der Waals surface area contributed by atoms with Crippen LogP contribution in [0.1, 0.15) is 28.8 Å². The molecule has 0 aliphatic carbocycles. The molecule has 1 fully saturated rings. The lowest BCUT2D eigenvalue weighted by Crippen LogP contribution is -2.17. The first-order valence-electron chi connectivity index (χ1n) is 7.83. The van der Waals surface area contributed by atoms with Crippen LogP contribution < -0.4 is 9.64 Å². The second-order valence-corrected chi connectivity index (χ2v) is 5.91. The molecule has 4 nitrogen and oxygen atoms in total. The Morgan fingerprint density at radius 1 is 1.04 bits per heavy atom. The molecule has 2 aliphatic rings. The van der Waals surface area contributed by atoms with Gasteiger partial charge in [-0.1, -0.05) is 12.1 Å². The van der Waals surface area contributed by atoms with E-state index in [4.69, 9.17) is 4.74 Å². The van der Waals surface area contributed by atoms with Gasteiger partial charge in [0.15, 0.2) is 5.76 Å². The number of nitrogens with zero attached hydrogens (tertiary/aromatic N) is 1. The van der Waals surface area contributed by atoms with Crippen molar-refractivity contribution in [3.63, 3.8) is 0 Å². The number of ether oxygens (including phenoxy) is 1. The van der Waals surface area contributed by atoms with Crippen molar-refractivity contribution in [2.75, 3.05) is 18.0 Å². The summed E-state index contributed by atoms with van der Waals surface area (Å²) in [7, 11) is 0. The number of hydrogen-bond donors (Lipinski definition) is 1. The summed E-state index contributed by atoms with van der Waals surface area (Å²) in [6, 6.07) is 12.7. The number of carbonyl (C=O) groups is 1. The molecule has 0 saturated carbocycles. The minimum Gasteiger partial charge on any atom is -0.508 e. The molecule has 0 aromatic heterocycles. The molecule has 1 N–H and O–H groups in total. The number of Topliss-reactive ketones (excluding diaryl/α,β-unsaturated/α-hetero) is 1. The van der Waals surface area contributed by atoms with E-state index in [0.29, 0.717) is 17.1 Å². The van der Waals surface area contributed by atoms with Crippen LogP contribution in [0.15, 0.2) is 48.2 Å². The van der Waals surface area contributed by atoms with Crippen LogP contribution in [-0.4, -0.2) is 24.0 Å². The Morgan fingerprint density at radius 3 is 2.52 bits per heavy atom. The average molecular weight is 307 g/mol. The minimum atomic E-state index is -0.149. The molecule has 4 heteroatoms. The van der Waals surface area contributed by atoms with Gasteiger partial charge in [-0.25, -0.2) is 0 Å². The van der Waals surface area contributed by atoms with Crippen LogP contribution in [0.2, 0.25) is 0 Å². The maximum atomic E-state index is 12.3. The van der Waals surface area contributed by atoms with E-state index in [-0.39, 0.29) is 11.5 Å². The monoisotopic (exact) mass is 307 g/mol. The molecule has 2 heterocycles. The van der Waals surface area contributed by atoms with Crippen molar-refractivity contribution in [2.24, 2.45) is 0 Å². The first-order chi connectivity index (χ1) is 11.2. The van der Waals surface area contributed by atoms with Gasteiger partial charge in [0.1, 0.15) is 11.5 Å². The minimum absolute atomic E-state index is 0.0905. The lowest BCUT2D eigenvalue weighted by molar-refractivity contribution is 0.101. The summed E-state index contributed by atoms with van der Waals surface area (Å²) in [5, 5.41) is 9.48. The van der Waals surface area contributed by atoms with Crippen molar-refractivity contribution in [1.82, 2.24) is 0 Å². The number of rotatable bonds is 2. The fourth-order valence-electron chi connectivity index (χ4n) is 3.08. The summed E-state index contributed by atoms with van der Waals surface area (Å²) in [6.07, 6.45) is 4.24. The second kappa shape index (κ2) is 5.47. The number of carbonyl (C=O) groups excluding carboxylic acids is 1. The largest absolute Gasteiger partial charge is 0.508 e. The summed E-state index contributed by atoms with van der Waals surface area (Å²) in [6.45, 7) is 2.22. The van der Waals surface area contributed by atoms with Crippen LogP contribution in [0, 0.1) is 0 Å². The van der Waals surface area contributed by atoms with Crippen molar-refractivity contribution in [1.29, 1.82) is 0 Å². The highest BCUT2D eigenvalue weighted by atomic mass is 16.5. The van der Waals surface area contributed by atoms with Gasteiger partial charge in [0.2, 0.25) is 5.78 Å². The first-order valence-corrected chi connectivity index (χ1v) is 7.83. The molecule has 0 spiro atoms. The molecule has 116 valence electrons. The molecule has 23 heavy (non-hydrogen) atoms. The third-order valence-electron chi connectivity index (χ3n) is 4.32. The molecule has 0 amide bonds. The predicted molar refractivity (Wildman–Crippen MR) is 88.9 cm³/mol. The van der Waals surface area contributed by atoms with E-state index in [1.165, 1.54) is 30.7 Å². The maximum Gasteiger partial charge on any atom is 0.231 e. The van der Waals surface area contributed by atoms with E-state index >= 15 is 0 Å². The van der Waals surface area contributed by atoms with E-state index in [2.05, 4.69) is 17.0 Å². The number of allylic oxidation sites excluding steroid dienone is 1. The van der Waals surface area contributed by atoms with Crippen molar-refractivity contribution < 1.29 is 14.6 Å². The fraction of sp³-hybridized carbons (Fsp3) is 0.211. The SMILES string of the molecule is O=C1/C(=C/c2ccc(N3CCCC3)cc2)Oc2cc(O)ccc21. The molecule has 2 aromatic rings. The van der Waals surface area contributed by atoms with Gasteiger partial charge in [-0.2, -0.15) is 0 Å². The first kappa shape index (κ1) is 13.9. The highest BCUT2D eigenvalue weighted by Gasteiger charge is 2.27. The molecule has 0 radical (unpaired) electrons. The van der Waals surface area contributed by atoms with Gasteiger partial charge in [0.05, 0.1) is 5.56 Å². The third kappa shape index (κ3) is 2.57. The van der Waals surface area contributed by atoms with Gasteiger partial charge >= 0.3 is 0 Å². The predicted octanol–water partition coefficient (Wildman–Crippen LogP) is 3.61. The Bertz CT molecular complexity index is 787. The zero-order valence-electron chi connectivity index (χ0n) is 12.7. The Hall–Kier alpha value is -2.75. The number of anilines is 1. The lowest BCUT2D eigenvalue weighted by atomic mass is 10.1. The third-order valence-corrected chi connectivity index (χ3v) is 4.32. The molecule has 0 unspecified atom stereocenters. The van der Waals surface area contributed by atoms with Crippen molar-refractivity contribution in [3.8, 4) is 11.5 Å². The smallest absolute Gasteiger partial charge is 0.231 e. The molecule has 1 saturated heterocycles. The van der Waals surface area contributed by atoms with E-state index in [1.54, 1.807) is 12.1 Å². The number of ketones is 1. The van der Waals surface area contributed by atoms with Crippen molar-refractivity contribution in [2.45, 2.75) is 12.8 Å². The lowest BCUT2D eigenvalue weighted by Gasteiger charge is -2.17. The molecule has 0 atom stereocenters. The zero-order chi connectivity index (χ0) is 15.8. The van der Waals surface area contributed by atoms with E-state index < -0.39 is 0 Å². The standard InChI is InChI=1S/C19H17NO3/c21-15-7-8-16-17(12-15)23-18(19(16)22)11-13-3-5-14(6-4-13)20-9-1-2-10-20/h3-8,11-12,21H,1-2,9-10H2/b18-11-. The normalized spacial score (nSPS) is 18.3. The van der Waals surface area contributed by atoms with Gasteiger partial charge in [-0.3, -0.25) is 4.79 Å². The van der Waals surface area contributed by atoms with Crippen LogP contribution in [0.3, 0.4) is 0 Å². The number of benzene rings is 2. The van der Waals surface area contributed by atoms with Gasteiger partial charge in [0, 0.05) is 24.8 Å². The average Bonchev–Trinajstić information content (AvgIpc) is 3.18. The summed E-state index contributed by atoms with van der Waals surface area (Å²) < 4.78 is 5.58. The Balaban J connectivity index is 1.58. The Kier molecular flexibility index (Phi) is 3.30. The summed E-state index contributed by atoms with van der Waals surface area (Å²) in [5.41, 5.74) is 2.63. The van der Waals surface area contributed by atoms with Gasteiger partial charge in [0.25, 0.3) is 0 Å². The highest BCUT2D eigenvalue weighted by Crippen LogP contribution is 2.34. The van der Waals surface area contributed by atoms with Crippen LogP contribution in [-0.2, 0) is 0 Å². The van der Waals surface area contributed by atoms with Crippen molar-refractivity contribution in [3.05, 3.63) is 59.4 Å². The van der Waals surface area contributed by atoms with Crippen LogP contribution in [0.25, 0.3) is 6.08 Å². The summed E-state index contributed by atoms with van der Waals surface area (Å²) in [5.74, 6) is 0.644. The van der Waals surface area contributed by atoms with Gasteiger partial charge in [-0.15, -0.1) is 0 Å². The number of fused-ring (bicyclic) bond motifs is 1. The number of phenols is 1. The van der Waals surface area contributed by atoms with Crippen LogP contribution in [0.5, 0.6) is 11.5 Å². The van der Waals surface area contributed by atoms with E-state index in [9.17, 15) is 9.90 Å². The summed E-state index contributed by atoms with van der Waals surface area (Å²) in [4.78, 5) is 14.7. The molecule has 2 aromatic carbocycles. The van der Waals surface area contributed by atoms with Gasteiger partial charge < -0.3 is 14.7 Å². The quantitative estimate of drug-likeness (QED) is 0.861. The number of hydrogen-bond acceptors (Lipinski definition) is 4. The molecular formula is C19H17NO3. The Labute approximate surface area is 134 Å². The van der Waals surface area contributed by atoms with Crippen molar-refractivity contribution >= 4 is 17.5 Å². The zero-order valence-corrected chi connectivity index (χ0v) is 12.7. The Morgan fingerprint density at radius 2 is 1.78 bits per heavy atom. The molecule has 2 aliphatic heterocycles.